The van der Waals surface area contributed by atoms with Crippen LogP contribution in [-0.4, -0.2) is 34.2 Å². The van der Waals surface area contributed by atoms with Gasteiger partial charge < -0.3 is 0 Å². The van der Waals surface area contributed by atoms with Gasteiger partial charge in [0.15, 0.2) is 0 Å². The van der Waals surface area contributed by atoms with Crippen molar-refractivity contribution in [1.82, 2.24) is 4.31 Å². The number of nitrogens with zero attached hydrogens (tertiary/aromatic N) is 1. The Morgan fingerprint density at radius 1 is 0.926 bits per heavy atom. The van der Waals surface area contributed by atoms with Crippen LogP contribution in [0.3, 0.4) is 0 Å². The highest BCUT2D eigenvalue weighted by Crippen LogP contribution is 2.30. The van der Waals surface area contributed by atoms with E-state index in [0.717, 1.165) is 18.4 Å². The van der Waals surface area contributed by atoms with Crippen LogP contribution in [0.5, 0.6) is 0 Å². The first-order valence-electron chi connectivity index (χ1n) is 8.51. The molecule has 2 aromatic rings. The van der Waals surface area contributed by atoms with Crippen LogP contribution in [0, 0.1) is 13.8 Å². The molecule has 1 heterocycles. The molecule has 0 atom stereocenters. The molecule has 9 heteroatoms. The van der Waals surface area contributed by atoms with Crippen molar-refractivity contribution in [2.24, 2.45) is 0 Å². The van der Waals surface area contributed by atoms with Gasteiger partial charge in [-0.3, -0.25) is 4.72 Å². The van der Waals surface area contributed by atoms with Gasteiger partial charge in [-0.25, -0.2) is 16.8 Å². The maximum atomic E-state index is 12.8. The van der Waals surface area contributed by atoms with E-state index in [4.69, 9.17) is 11.6 Å². The Balaban J connectivity index is 1.98. The quantitative estimate of drug-likeness (QED) is 0.789. The molecule has 0 radical (unpaired) electrons. The lowest BCUT2D eigenvalue weighted by atomic mass is 10.2. The molecule has 0 bridgehead atoms. The molecule has 1 aliphatic rings. The summed E-state index contributed by atoms with van der Waals surface area (Å²) in [7, 11) is -7.62. The van der Waals surface area contributed by atoms with Gasteiger partial charge in [0.05, 0.1) is 15.6 Å². The summed E-state index contributed by atoms with van der Waals surface area (Å²) in [6.07, 6.45) is 1.60. The zero-order chi connectivity index (χ0) is 19.8. The topological polar surface area (TPSA) is 83.5 Å². The molecule has 0 saturated carbocycles. The van der Waals surface area contributed by atoms with Crippen molar-refractivity contribution in [2.45, 2.75) is 36.5 Å². The molecule has 6 nitrogen and oxygen atoms in total. The Morgan fingerprint density at radius 2 is 1.59 bits per heavy atom. The van der Waals surface area contributed by atoms with Crippen LogP contribution in [0.2, 0.25) is 5.02 Å². The van der Waals surface area contributed by atoms with Crippen molar-refractivity contribution >= 4 is 37.3 Å². The molecular weight excluding hydrogens is 408 g/mol. The van der Waals surface area contributed by atoms with E-state index in [-0.39, 0.29) is 20.5 Å². The molecule has 1 N–H and O–H groups in total. The number of nitrogens with one attached hydrogen (secondary N) is 1. The maximum absolute atomic E-state index is 12.8. The molecule has 27 heavy (non-hydrogen) atoms. The third-order valence-corrected chi connectivity index (χ3v) is 8.40. The van der Waals surface area contributed by atoms with Crippen molar-refractivity contribution in [3.05, 3.63) is 52.5 Å². The summed E-state index contributed by atoms with van der Waals surface area (Å²) in [5, 5.41) is 0.0663. The van der Waals surface area contributed by atoms with Crippen molar-refractivity contribution in [1.29, 1.82) is 0 Å². The van der Waals surface area contributed by atoms with Gasteiger partial charge >= 0.3 is 0 Å². The van der Waals surface area contributed by atoms with E-state index in [0.29, 0.717) is 18.7 Å². The number of sulfonamides is 2. The zero-order valence-corrected chi connectivity index (χ0v) is 17.5. The first kappa shape index (κ1) is 20.1. The molecule has 0 spiro atoms. The van der Waals surface area contributed by atoms with Gasteiger partial charge in [-0.2, -0.15) is 4.31 Å². The first-order valence-corrected chi connectivity index (χ1v) is 11.8. The Kier molecular flexibility index (Phi) is 5.54. The summed E-state index contributed by atoms with van der Waals surface area (Å²) >= 11 is 6.11. The highest BCUT2D eigenvalue weighted by Gasteiger charge is 2.29. The predicted molar refractivity (Wildman–Crippen MR) is 106 cm³/mol. The fraction of sp³-hybridized carbons (Fsp3) is 0.333. The summed E-state index contributed by atoms with van der Waals surface area (Å²) in [6.45, 7) is 4.40. The molecule has 3 rings (SSSR count). The van der Waals surface area contributed by atoms with E-state index in [2.05, 4.69) is 4.72 Å². The van der Waals surface area contributed by atoms with Gasteiger partial charge in [0.2, 0.25) is 10.0 Å². The second-order valence-corrected chi connectivity index (χ2v) is 10.6. The van der Waals surface area contributed by atoms with Crippen molar-refractivity contribution < 1.29 is 16.8 Å². The molecule has 1 fully saturated rings. The summed E-state index contributed by atoms with van der Waals surface area (Å²) < 4.78 is 55.0. The highest BCUT2D eigenvalue weighted by atomic mass is 35.5. The van der Waals surface area contributed by atoms with Gasteiger partial charge in [-0.1, -0.05) is 23.7 Å². The standard InChI is InChI=1S/C18H21ClN2O4S2/c1-13-5-6-14(2)17(11-13)26(22,23)20-15-7-8-16(19)18(12-15)27(24,25)21-9-3-4-10-21/h5-8,11-12,20H,3-4,9-10H2,1-2H3. The van der Waals surface area contributed by atoms with E-state index in [1.165, 1.54) is 22.5 Å². The Labute approximate surface area is 165 Å². The maximum Gasteiger partial charge on any atom is 0.262 e. The summed E-state index contributed by atoms with van der Waals surface area (Å²) in [5.74, 6) is 0. The lowest BCUT2D eigenvalue weighted by Gasteiger charge is -2.18. The fourth-order valence-corrected chi connectivity index (χ4v) is 6.44. The lowest BCUT2D eigenvalue weighted by molar-refractivity contribution is 0.477. The van der Waals surface area contributed by atoms with Gasteiger partial charge in [-0.05, 0) is 62.1 Å². The normalized spacial score (nSPS) is 15.8. The summed E-state index contributed by atoms with van der Waals surface area (Å²) in [5.41, 5.74) is 1.57. The second-order valence-electron chi connectivity index (χ2n) is 6.63. The van der Waals surface area contributed by atoms with Gasteiger partial charge in [0.1, 0.15) is 4.90 Å². The van der Waals surface area contributed by atoms with Crippen molar-refractivity contribution in [2.75, 3.05) is 17.8 Å². The third kappa shape index (κ3) is 4.13. The summed E-state index contributed by atoms with van der Waals surface area (Å²) in [4.78, 5) is 0.0635. The van der Waals surface area contributed by atoms with Crippen LogP contribution < -0.4 is 4.72 Å². The number of hydrogen-bond donors (Lipinski definition) is 1. The molecule has 146 valence electrons. The number of aryl methyl sites for hydroxylation is 2. The molecule has 1 saturated heterocycles. The minimum absolute atomic E-state index is 0.0663. The van der Waals surface area contributed by atoms with Crippen LogP contribution in [-0.2, 0) is 20.0 Å². The average molecular weight is 429 g/mol. The Hall–Kier alpha value is -1.61. The summed E-state index contributed by atoms with van der Waals surface area (Å²) in [6, 6.07) is 9.26. The zero-order valence-electron chi connectivity index (χ0n) is 15.1. The van der Waals surface area contributed by atoms with Crippen LogP contribution in [0.4, 0.5) is 5.69 Å². The molecule has 0 amide bonds. The molecule has 2 aromatic carbocycles. The van der Waals surface area contributed by atoms with Crippen molar-refractivity contribution in [3.63, 3.8) is 0 Å². The number of halogens is 1. The SMILES string of the molecule is Cc1ccc(C)c(S(=O)(=O)Nc2ccc(Cl)c(S(=O)(=O)N3CCCC3)c2)c1. The van der Waals surface area contributed by atoms with E-state index < -0.39 is 20.0 Å². The number of benzene rings is 2. The number of hydrogen-bond acceptors (Lipinski definition) is 4. The smallest absolute Gasteiger partial charge is 0.262 e. The molecule has 1 aliphatic heterocycles. The second kappa shape index (κ2) is 7.43. The van der Waals surface area contributed by atoms with Gasteiger partial charge in [0, 0.05) is 13.1 Å². The third-order valence-electron chi connectivity index (χ3n) is 4.50. The number of anilines is 1. The first-order chi connectivity index (χ1) is 12.6. The molecular formula is C18H21ClN2O4S2. The Morgan fingerprint density at radius 3 is 2.26 bits per heavy atom. The largest absolute Gasteiger partial charge is 0.280 e. The van der Waals surface area contributed by atoms with E-state index in [1.807, 2.05) is 13.0 Å². The van der Waals surface area contributed by atoms with Crippen LogP contribution >= 0.6 is 11.6 Å². The fourth-order valence-electron chi connectivity index (χ4n) is 3.04. The highest BCUT2D eigenvalue weighted by molar-refractivity contribution is 7.92. The van der Waals surface area contributed by atoms with Crippen LogP contribution in [0.15, 0.2) is 46.2 Å². The Bertz CT molecular complexity index is 1080. The minimum Gasteiger partial charge on any atom is -0.280 e. The van der Waals surface area contributed by atoms with E-state index in [1.54, 1.807) is 19.1 Å². The van der Waals surface area contributed by atoms with E-state index >= 15 is 0 Å². The van der Waals surface area contributed by atoms with Gasteiger partial charge in [-0.15, -0.1) is 0 Å². The predicted octanol–water partition coefficient (Wildman–Crippen LogP) is 3.54. The van der Waals surface area contributed by atoms with Gasteiger partial charge in [0.25, 0.3) is 10.0 Å². The minimum atomic E-state index is -3.86. The van der Waals surface area contributed by atoms with Crippen LogP contribution in [0.1, 0.15) is 24.0 Å². The number of rotatable bonds is 5. The average Bonchev–Trinajstić information content (AvgIpc) is 3.14. The van der Waals surface area contributed by atoms with E-state index in [9.17, 15) is 16.8 Å². The monoisotopic (exact) mass is 428 g/mol. The molecule has 0 aliphatic carbocycles. The van der Waals surface area contributed by atoms with Crippen LogP contribution in [0.25, 0.3) is 0 Å². The lowest BCUT2D eigenvalue weighted by Crippen LogP contribution is -2.28. The molecule has 0 unspecified atom stereocenters. The molecule has 0 aromatic heterocycles. The van der Waals surface area contributed by atoms with Crippen molar-refractivity contribution in [3.8, 4) is 0 Å².